The SMILES string of the molecule is Cc1cccc(N2CCN(C(=O)c3ccc4c(c3)N(C)C(=O)/C(=C/c3cccc(Cl)c3)S4)C[C@H]2C)c1. The van der Waals surface area contributed by atoms with E-state index in [0.29, 0.717) is 28.6 Å². The summed E-state index contributed by atoms with van der Waals surface area (Å²) < 4.78 is 0. The van der Waals surface area contributed by atoms with Gasteiger partial charge in [-0.05, 0) is 73.5 Å². The molecule has 0 bridgehead atoms. The second kappa shape index (κ2) is 10.0. The number of hydrogen-bond donors (Lipinski definition) is 0. The van der Waals surface area contributed by atoms with Gasteiger partial charge in [0.2, 0.25) is 0 Å². The van der Waals surface area contributed by atoms with Crippen molar-refractivity contribution >= 4 is 52.6 Å². The molecule has 2 aliphatic rings. The molecule has 36 heavy (non-hydrogen) atoms. The molecule has 5 rings (SSSR count). The van der Waals surface area contributed by atoms with Gasteiger partial charge in [0.25, 0.3) is 11.8 Å². The van der Waals surface area contributed by atoms with Crippen LogP contribution in [0.1, 0.15) is 28.4 Å². The zero-order valence-corrected chi connectivity index (χ0v) is 22.1. The predicted molar refractivity (Wildman–Crippen MR) is 149 cm³/mol. The predicted octanol–water partition coefficient (Wildman–Crippen LogP) is 6.11. The van der Waals surface area contributed by atoms with Crippen molar-refractivity contribution in [3.8, 4) is 0 Å². The third-order valence-electron chi connectivity index (χ3n) is 6.70. The fourth-order valence-electron chi connectivity index (χ4n) is 4.79. The molecule has 0 aromatic heterocycles. The lowest BCUT2D eigenvalue weighted by molar-refractivity contribution is -0.114. The minimum Gasteiger partial charge on any atom is -0.365 e. The van der Waals surface area contributed by atoms with Crippen molar-refractivity contribution in [3.63, 3.8) is 0 Å². The third kappa shape index (κ3) is 4.88. The first-order valence-corrected chi connectivity index (χ1v) is 13.2. The van der Waals surface area contributed by atoms with E-state index >= 15 is 0 Å². The summed E-state index contributed by atoms with van der Waals surface area (Å²) in [5.74, 6) is -0.0999. The van der Waals surface area contributed by atoms with Crippen molar-refractivity contribution in [2.45, 2.75) is 24.8 Å². The standard InChI is InChI=1S/C29H28ClN3O2S/c1-19-6-4-9-24(14-19)33-13-12-32(18-20(33)2)28(34)22-10-11-26-25(17-22)31(3)29(35)27(36-26)16-21-7-5-8-23(30)15-21/h4-11,14-17,20H,12-13,18H2,1-3H3/b27-16-/t20-/m1/s1. The van der Waals surface area contributed by atoms with Gasteiger partial charge in [-0.25, -0.2) is 0 Å². The number of carbonyl (C=O) groups excluding carboxylic acids is 2. The zero-order chi connectivity index (χ0) is 25.4. The molecule has 0 saturated carbocycles. The van der Waals surface area contributed by atoms with E-state index in [0.717, 1.165) is 22.7 Å². The summed E-state index contributed by atoms with van der Waals surface area (Å²) in [4.78, 5) is 34.0. The van der Waals surface area contributed by atoms with E-state index in [1.165, 1.54) is 23.0 Å². The fraction of sp³-hybridized carbons (Fsp3) is 0.241. The third-order valence-corrected chi connectivity index (χ3v) is 8.01. The van der Waals surface area contributed by atoms with Gasteiger partial charge in [-0.3, -0.25) is 9.59 Å². The monoisotopic (exact) mass is 517 g/mol. The summed E-state index contributed by atoms with van der Waals surface area (Å²) in [5.41, 5.74) is 4.66. The Morgan fingerprint density at radius 1 is 1.06 bits per heavy atom. The van der Waals surface area contributed by atoms with Gasteiger partial charge in [0, 0.05) is 53.9 Å². The highest BCUT2D eigenvalue weighted by Gasteiger charge is 2.30. The molecular formula is C29H28ClN3O2S. The van der Waals surface area contributed by atoms with E-state index in [4.69, 9.17) is 11.6 Å². The number of thioether (sulfide) groups is 1. The molecule has 2 heterocycles. The van der Waals surface area contributed by atoms with E-state index < -0.39 is 0 Å². The Labute approximate surface area is 221 Å². The number of amides is 2. The van der Waals surface area contributed by atoms with Crippen LogP contribution in [0.3, 0.4) is 0 Å². The number of carbonyl (C=O) groups is 2. The molecule has 7 heteroatoms. The van der Waals surface area contributed by atoms with Gasteiger partial charge >= 0.3 is 0 Å². The van der Waals surface area contributed by atoms with Crippen LogP contribution in [-0.2, 0) is 4.79 Å². The summed E-state index contributed by atoms with van der Waals surface area (Å²) in [5, 5.41) is 0.628. The molecule has 0 unspecified atom stereocenters. The zero-order valence-electron chi connectivity index (χ0n) is 20.6. The normalized spacial score (nSPS) is 19.0. The molecule has 0 aliphatic carbocycles. The number of likely N-dealkylation sites (N-methyl/N-ethyl adjacent to an activating group) is 1. The van der Waals surface area contributed by atoms with Crippen LogP contribution < -0.4 is 9.80 Å². The molecule has 1 saturated heterocycles. The Morgan fingerprint density at radius 2 is 1.86 bits per heavy atom. The number of piperazine rings is 1. The van der Waals surface area contributed by atoms with E-state index in [-0.39, 0.29) is 17.9 Å². The van der Waals surface area contributed by atoms with Gasteiger partial charge in [-0.1, -0.05) is 47.6 Å². The molecule has 3 aromatic rings. The van der Waals surface area contributed by atoms with E-state index in [1.54, 1.807) is 11.9 Å². The van der Waals surface area contributed by atoms with Gasteiger partial charge in [-0.2, -0.15) is 0 Å². The number of aryl methyl sites for hydroxylation is 1. The summed E-state index contributed by atoms with van der Waals surface area (Å²) in [6, 6.07) is 21.8. The van der Waals surface area contributed by atoms with Gasteiger partial charge < -0.3 is 14.7 Å². The van der Waals surface area contributed by atoms with Crippen LogP contribution in [0.25, 0.3) is 6.08 Å². The molecule has 5 nitrogen and oxygen atoms in total. The number of nitrogens with zero attached hydrogens (tertiary/aromatic N) is 3. The second-order valence-electron chi connectivity index (χ2n) is 9.34. The molecule has 2 aliphatic heterocycles. The van der Waals surface area contributed by atoms with E-state index in [2.05, 4.69) is 43.0 Å². The van der Waals surface area contributed by atoms with E-state index in [9.17, 15) is 9.59 Å². The van der Waals surface area contributed by atoms with Crippen molar-refractivity contribution in [3.05, 3.63) is 93.3 Å². The van der Waals surface area contributed by atoms with Crippen molar-refractivity contribution < 1.29 is 9.59 Å². The lowest BCUT2D eigenvalue weighted by Gasteiger charge is -2.41. The number of fused-ring (bicyclic) bond motifs is 1. The van der Waals surface area contributed by atoms with Crippen LogP contribution in [0, 0.1) is 6.92 Å². The van der Waals surface area contributed by atoms with Gasteiger partial charge in [-0.15, -0.1) is 0 Å². The Kier molecular flexibility index (Phi) is 6.82. The molecule has 1 fully saturated rings. The number of hydrogen-bond acceptors (Lipinski definition) is 4. The molecule has 184 valence electrons. The average Bonchev–Trinajstić information content (AvgIpc) is 2.86. The highest BCUT2D eigenvalue weighted by atomic mass is 35.5. The van der Waals surface area contributed by atoms with Crippen LogP contribution in [0.4, 0.5) is 11.4 Å². The molecule has 3 aromatic carbocycles. The topological polar surface area (TPSA) is 43.9 Å². The highest BCUT2D eigenvalue weighted by molar-refractivity contribution is 8.04. The summed E-state index contributed by atoms with van der Waals surface area (Å²) >= 11 is 7.52. The maximum absolute atomic E-state index is 13.4. The summed E-state index contributed by atoms with van der Waals surface area (Å²) in [6.45, 7) is 6.35. The lowest BCUT2D eigenvalue weighted by atomic mass is 10.1. The quantitative estimate of drug-likeness (QED) is 0.393. The Morgan fingerprint density at radius 3 is 2.61 bits per heavy atom. The number of halogens is 1. The molecular weight excluding hydrogens is 490 g/mol. The maximum atomic E-state index is 13.4. The van der Waals surface area contributed by atoms with Gasteiger partial charge in [0.15, 0.2) is 0 Å². The molecule has 1 atom stereocenters. The van der Waals surface area contributed by atoms with Crippen LogP contribution in [0.2, 0.25) is 5.02 Å². The molecule has 0 N–H and O–H groups in total. The lowest BCUT2D eigenvalue weighted by Crippen LogP contribution is -2.53. The smallest absolute Gasteiger partial charge is 0.264 e. The largest absolute Gasteiger partial charge is 0.365 e. The van der Waals surface area contributed by atoms with Crippen LogP contribution in [0.5, 0.6) is 0 Å². The number of anilines is 2. The number of rotatable bonds is 3. The van der Waals surface area contributed by atoms with Crippen LogP contribution >= 0.6 is 23.4 Å². The summed E-state index contributed by atoms with van der Waals surface area (Å²) in [7, 11) is 1.75. The molecule has 0 radical (unpaired) electrons. The number of benzene rings is 3. The first-order chi connectivity index (χ1) is 17.3. The summed E-state index contributed by atoms with van der Waals surface area (Å²) in [6.07, 6.45) is 1.85. The Hall–Kier alpha value is -3.22. The second-order valence-corrected chi connectivity index (χ2v) is 10.9. The van der Waals surface area contributed by atoms with Crippen molar-refractivity contribution in [2.24, 2.45) is 0 Å². The van der Waals surface area contributed by atoms with Crippen molar-refractivity contribution in [2.75, 3.05) is 36.5 Å². The van der Waals surface area contributed by atoms with Crippen molar-refractivity contribution in [1.82, 2.24) is 4.90 Å². The average molecular weight is 518 g/mol. The van der Waals surface area contributed by atoms with E-state index in [1.807, 2.05) is 53.4 Å². The first-order valence-electron chi connectivity index (χ1n) is 12.0. The molecule has 2 amide bonds. The van der Waals surface area contributed by atoms with Crippen LogP contribution in [-0.4, -0.2) is 49.4 Å². The van der Waals surface area contributed by atoms with Gasteiger partial charge in [0.05, 0.1) is 10.6 Å². The maximum Gasteiger partial charge on any atom is 0.264 e. The fourth-order valence-corrected chi connectivity index (χ4v) is 6.08. The minimum absolute atomic E-state index is 0.000317. The van der Waals surface area contributed by atoms with Crippen molar-refractivity contribution in [1.29, 1.82) is 0 Å². The minimum atomic E-state index is -0.0996. The first kappa shape index (κ1) is 24.5. The van der Waals surface area contributed by atoms with Crippen LogP contribution in [0.15, 0.2) is 76.5 Å². The Bertz CT molecular complexity index is 1370. The Balaban J connectivity index is 1.33. The molecule has 0 spiro atoms. The highest BCUT2D eigenvalue weighted by Crippen LogP contribution is 2.42. The van der Waals surface area contributed by atoms with Gasteiger partial charge in [0.1, 0.15) is 0 Å².